The maximum atomic E-state index is 13.1. The Hall–Kier alpha value is -1.82. The number of aromatic nitrogens is 1. The number of rotatable bonds is 4. The van der Waals surface area contributed by atoms with E-state index in [1.54, 1.807) is 12.3 Å². The Bertz CT molecular complexity index is 686. The number of carbonyl (C=O) groups is 1. The molecule has 2 atom stereocenters. The average Bonchev–Trinajstić information content (AvgIpc) is 3.01. The van der Waals surface area contributed by atoms with Gasteiger partial charge in [-0.25, -0.2) is 13.8 Å². The molecule has 3 rings (SSSR count). The molecule has 1 aromatic carbocycles. The highest BCUT2D eigenvalue weighted by atomic mass is 32.1. The number of anilines is 1. The molecule has 0 radical (unpaired) electrons. The molecule has 2 aromatic rings. The van der Waals surface area contributed by atoms with Gasteiger partial charge in [-0.05, 0) is 30.0 Å². The van der Waals surface area contributed by atoms with Crippen LogP contribution in [0.2, 0.25) is 0 Å². The fourth-order valence-electron chi connectivity index (χ4n) is 2.18. The van der Waals surface area contributed by atoms with Gasteiger partial charge >= 0.3 is 0 Å². The molecule has 110 valence electrons. The molecular formula is C15H14F2N2OS. The molecule has 1 aliphatic rings. The van der Waals surface area contributed by atoms with Crippen LogP contribution in [-0.4, -0.2) is 10.9 Å². The summed E-state index contributed by atoms with van der Waals surface area (Å²) in [5.41, 5.74) is 0.672. The van der Waals surface area contributed by atoms with Crippen LogP contribution in [0.25, 0.3) is 0 Å². The highest BCUT2D eigenvalue weighted by molar-refractivity contribution is 7.15. The van der Waals surface area contributed by atoms with Crippen LogP contribution in [0.3, 0.4) is 0 Å². The lowest BCUT2D eigenvalue weighted by Crippen LogP contribution is -2.13. The van der Waals surface area contributed by atoms with Crippen molar-refractivity contribution in [3.05, 3.63) is 46.5 Å². The molecule has 3 nitrogen and oxygen atoms in total. The highest BCUT2D eigenvalue weighted by Crippen LogP contribution is 2.38. The molecule has 0 saturated heterocycles. The molecule has 1 saturated carbocycles. The van der Waals surface area contributed by atoms with Gasteiger partial charge in [-0.2, -0.15) is 0 Å². The van der Waals surface area contributed by atoms with E-state index in [0.29, 0.717) is 23.0 Å². The summed E-state index contributed by atoms with van der Waals surface area (Å²) in [4.78, 5) is 16.8. The summed E-state index contributed by atoms with van der Waals surface area (Å²) in [6.07, 6.45) is 3.04. The minimum atomic E-state index is -0.853. The van der Waals surface area contributed by atoms with Gasteiger partial charge in [-0.15, -0.1) is 11.3 Å². The van der Waals surface area contributed by atoms with E-state index in [1.165, 1.54) is 17.4 Å². The first-order chi connectivity index (χ1) is 10.0. The number of carbonyl (C=O) groups excluding carboxylic acids is 1. The summed E-state index contributed by atoms with van der Waals surface area (Å²) in [6, 6.07) is 3.84. The molecule has 1 heterocycles. The van der Waals surface area contributed by atoms with Crippen molar-refractivity contribution in [1.82, 2.24) is 4.98 Å². The second kappa shape index (κ2) is 5.52. The fourth-order valence-corrected chi connectivity index (χ4v) is 3.03. The van der Waals surface area contributed by atoms with Gasteiger partial charge in [0.2, 0.25) is 5.91 Å². The monoisotopic (exact) mass is 308 g/mol. The summed E-state index contributed by atoms with van der Waals surface area (Å²) in [5.74, 6) is -1.14. The van der Waals surface area contributed by atoms with Crippen molar-refractivity contribution < 1.29 is 13.6 Å². The van der Waals surface area contributed by atoms with E-state index in [9.17, 15) is 13.6 Å². The van der Waals surface area contributed by atoms with Crippen molar-refractivity contribution >= 4 is 22.4 Å². The lowest BCUT2D eigenvalue weighted by Gasteiger charge is -2.00. The molecule has 1 fully saturated rings. The van der Waals surface area contributed by atoms with E-state index in [0.717, 1.165) is 17.4 Å². The average molecular weight is 308 g/mol. The van der Waals surface area contributed by atoms with Crippen LogP contribution < -0.4 is 5.32 Å². The Labute approximate surface area is 125 Å². The summed E-state index contributed by atoms with van der Waals surface area (Å²) in [7, 11) is 0. The van der Waals surface area contributed by atoms with Crippen LogP contribution in [0, 0.1) is 23.5 Å². The molecule has 1 aromatic heterocycles. The number of amides is 1. The van der Waals surface area contributed by atoms with E-state index in [4.69, 9.17) is 0 Å². The third kappa shape index (κ3) is 3.26. The van der Waals surface area contributed by atoms with Gasteiger partial charge in [0.1, 0.15) is 0 Å². The van der Waals surface area contributed by atoms with Gasteiger partial charge in [-0.1, -0.05) is 13.0 Å². The summed E-state index contributed by atoms with van der Waals surface area (Å²) in [6.45, 7) is 2.04. The lowest BCUT2D eigenvalue weighted by molar-refractivity contribution is -0.117. The molecule has 1 amide bonds. The van der Waals surface area contributed by atoms with Crippen molar-refractivity contribution in [3.8, 4) is 0 Å². The molecule has 0 bridgehead atoms. The van der Waals surface area contributed by atoms with Gasteiger partial charge < -0.3 is 5.32 Å². The van der Waals surface area contributed by atoms with E-state index < -0.39 is 11.6 Å². The number of benzene rings is 1. The van der Waals surface area contributed by atoms with Gasteiger partial charge in [0, 0.05) is 23.4 Å². The van der Waals surface area contributed by atoms with Crippen LogP contribution in [0.1, 0.15) is 23.8 Å². The molecule has 6 heteroatoms. The zero-order valence-electron chi connectivity index (χ0n) is 11.4. The first-order valence-electron chi connectivity index (χ1n) is 6.72. The molecule has 21 heavy (non-hydrogen) atoms. The quantitative estimate of drug-likeness (QED) is 0.937. The minimum absolute atomic E-state index is 0.0104. The van der Waals surface area contributed by atoms with E-state index in [-0.39, 0.29) is 11.8 Å². The van der Waals surface area contributed by atoms with Crippen LogP contribution in [0.5, 0.6) is 0 Å². The Kier molecular flexibility index (Phi) is 3.71. The van der Waals surface area contributed by atoms with Crippen molar-refractivity contribution in [1.29, 1.82) is 0 Å². The van der Waals surface area contributed by atoms with Crippen molar-refractivity contribution in [2.45, 2.75) is 19.8 Å². The van der Waals surface area contributed by atoms with E-state index in [2.05, 4.69) is 10.3 Å². The maximum absolute atomic E-state index is 13.1. The van der Waals surface area contributed by atoms with Crippen LogP contribution in [-0.2, 0) is 11.2 Å². The van der Waals surface area contributed by atoms with Crippen molar-refractivity contribution in [2.24, 2.45) is 11.8 Å². The Balaban J connectivity index is 1.64. The second-order valence-corrected chi connectivity index (χ2v) is 6.48. The largest absolute Gasteiger partial charge is 0.302 e. The number of thiazole rings is 1. The Morgan fingerprint density at radius 2 is 2.19 bits per heavy atom. The number of hydrogen-bond acceptors (Lipinski definition) is 3. The van der Waals surface area contributed by atoms with E-state index in [1.807, 2.05) is 6.92 Å². The predicted octanol–water partition coefficient (Wildman–Crippen LogP) is 3.61. The van der Waals surface area contributed by atoms with Crippen molar-refractivity contribution in [3.63, 3.8) is 0 Å². The first-order valence-corrected chi connectivity index (χ1v) is 7.54. The lowest BCUT2D eigenvalue weighted by atomic mass is 10.1. The van der Waals surface area contributed by atoms with Crippen LogP contribution in [0.4, 0.5) is 13.9 Å². The minimum Gasteiger partial charge on any atom is -0.302 e. The maximum Gasteiger partial charge on any atom is 0.229 e. The molecule has 0 unspecified atom stereocenters. The number of nitrogens with zero attached hydrogens (tertiary/aromatic N) is 1. The topological polar surface area (TPSA) is 42.0 Å². The van der Waals surface area contributed by atoms with Gasteiger partial charge in [-0.3, -0.25) is 4.79 Å². The SMILES string of the molecule is C[C@H]1C[C@H]1C(=O)Nc1ncc(Cc2ccc(F)c(F)c2)s1. The van der Waals surface area contributed by atoms with Crippen LogP contribution >= 0.6 is 11.3 Å². The second-order valence-electron chi connectivity index (χ2n) is 5.37. The normalized spacial score (nSPS) is 20.3. The Morgan fingerprint density at radius 3 is 2.86 bits per heavy atom. The summed E-state index contributed by atoms with van der Waals surface area (Å²) >= 11 is 1.35. The zero-order valence-corrected chi connectivity index (χ0v) is 12.2. The van der Waals surface area contributed by atoms with Gasteiger partial charge in [0.25, 0.3) is 0 Å². The van der Waals surface area contributed by atoms with Crippen molar-refractivity contribution in [2.75, 3.05) is 5.32 Å². The summed E-state index contributed by atoms with van der Waals surface area (Å²) < 4.78 is 26.0. The molecule has 0 aliphatic heterocycles. The first kappa shape index (κ1) is 14.1. The van der Waals surface area contributed by atoms with Crippen LogP contribution in [0.15, 0.2) is 24.4 Å². The van der Waals surface area contributed by atoms with Gasteiger partial charge in [0.05, 0.1) is 0 Å². The Morgan fingerprint density at radius 1 is 1.43 bits per heavy atom. The number of hydrogen-bond donors (Lipinski definition) is 1. The molecule has 1 aliphatic carbocycles. The standard InChI is InChI=1S/C15H14F2N2OS/c1-8-4-11(8)14(20)19-15-18-7-10(21-15)5-9-2-3-12(16)13(17)6-9/h2-3,6-8,11H,4-5H2,1H3,(H,18,19,20)/t8-,11+/m0/s1. The molecule has 1 N–H and O–H groups in total. The third-order valence-electron chi connectivity index (χ3n) is 3.59. The number of halogens is 2. The van der Waals surface area contributed by atoms with E-state index >= 15 is 0 Å². The highest BCUT2D eigenvalue weighted by Gasteiger charge is 2.39. The smallest absolute Gasteiger partial charge is 0.229 e. The molecule has 0 spiro atoms. The molecular weight excluding hydrogens is 294 g/mol. The van der Waals surface area contributed by atoms with Gasteiger partial charge in [0.15, 0.2) is 16.8 Å². The third-order valence-corrected chi connectivity index (χ3v) is 4.51. The fraction of sp³-hybridized carbons (Fsp3) is 0.333. The zero-order chi connectivity index (χ0) is 15.0. The number of nitrogens with one attached hydrogen (secondary N) is 1. The predicted molar refractivity (Wildman–Crippen MR) is 77.2 cm³/mol. The summed E-state index contributed by atoms with van der Waals surface area (Å²) in [5, 5.41) is 3.35.